The molecule has 1 aliphatic heterocycles. The molecule has 0 unspecified atom stereocenters. The molecule has 6 heteroatoms. The summed E-state index contributed by atoms with van der Waals surface area (Å²) in [5.41, 5.74) is 9.04. The normalized spacial score (nSPS) is 16.7. The zero-order chi connectivity index (χ0) is 13.3. The minimum absolute atomic E-state index is 0.157. The van der Waals surface area contributed by atoms with Gasteiger partial charge in [0.2, 0.25) is 0 Å². The van der Waals surface area contributed by atoms with Gasteiger partial charge in [-0.15, -0.1) is 0 Å². The van der Waals surface area contributed by atoms with Gasteiger partial charge in [-0.25, -0.2) is 5.84 Å². The van der Waals surface area contributed by atoms with Crippen LogP contribution < -0.4 is 26.6 Å². The molecule has 0 fully saturated rings. The maximum Gasteiger partial charge on any atom is 0.253 e. The third-order valence-electron chi connectivity index (χ3n) is 2.80. The lowest BCUT2D eigenvalue weighted by Crippen LogP contribution is -2.51. The molecule has 5 N–H and O–H groups in total. The molecule has 0 aromatic heterocycles. The van der Waals surface area contributed by atoms with Gasteiger partial charge in [-0.3, -0.25) is 10.2 Å². The Kier molecular flexibility index (Phi) is 3.04. The fourth-order valence-corrected chi connectivity index (χ4v) is 2.18. The number of nitrogens with two attached hydrogens (primary N) is 2. The van der Waals surface area contributed by atoms with Crippen molar-refractivity contribution < 1.29 is 9.53 Å². The molecule has 0 bridgehead atoms. The zero-order valence-electron chi connectivity index (χ0n) is 10.6. The molecule has 1 aromatic carbocycles. The van der Waals surface area contributed by atoms with Crippen LogP contribution in [0.5, 0.6) is 5.75 Å². The molecule has 18 heavy (non-hydrogen) atoms. The number of para-hydroxylation sites is 1. The number of ether oxygens (including phenoxy) is 1. The van der Waals surface area contributed by atoms with E-state index in [0.29, 0.717) is 18.0 Å². The summed E-state index contributed by atoms with van der Waals surface area (Å²) < 4.78 is 5.86. The van der Waals surface area contributed by atoms with Crippen molar-refractivity contribution in [2.75, 3.05) is 23.7 Å². The minimum Gasteiger partial charge on any atom is -0.484 e. The zero-order valence-corrected chi connectivity index (χ0v) is 10.6. The predicted octanol–water partition coefficient (Wildman–Crippen LogP) is 0.236. The number of anilines is 2. The number of hydrazine groups is 1. The Labute approximate surface area is 106 Å². The number of nitrogens with zero attached hydrogens (tertiary/aromatic N) is 1. The van der Waals surface area contributed by atoms with Crippen molar-refractivity contribution >= 4 is 17.3 Å². The molecule has 0 spiro atoms. The van der Waals surface area contributed by atoms with Crippen LogP contribution in [0.25, 0.3) is 0 Å². The fraction of sp³-hybridized carbons (Fsp3) is 0.417. The maximum absolute atomic E-state index is 11.5. The van der Waals surface area contributed by atoms with E-state index in [4.69, 9.17) is 16.3 Å². The van der Waals surface area contributed by atoms with Crippen molar-refractivity contribution in [3.8, 4) is 5.75 Å². The van der Waals surface area contributed by atoms with Crippen LogP contribution in [0.15, 0.2) is 18.2 Å². The Morgan fingerprint density at radius 2 is 2.28 bits per heavy atom. The molecule has 6 nitrogen and oxygen atoms in total. The molecule has 0 radical (unpaired) electrons. The van der Waals surface area contributed by atoms with E-state index in [1.807, 2.05) is 30.9 Å². The smallest absolute Gasteiger partial charge is 0.253 e. The number of benzene rings is 1. The van der Waals surface area contributed by atoms with E-state index in [2.05, 4.69) is 5.43 Å². The first-order valence-corrected chi connectivity index (χ1v) is 5.75. The number of amides is 1. The molecular formula is C12H18N4O2. The highest BCUT2D eigenvalue weighted by atomic mass is 16.5. The number of hydrogen-bond acceptors (Lipinski definition) is 5. The fourth-order valence-electron chi connectivity index (χ4n) is 2.18. The van der Waals surface area contributed by atoms with Crippen molar-refractivity contribution in [2.45, 2.75) is 19.4 Å². The number of carbonyl (C=O) groups excluding carboxylic acids is 1. The summed E-state index contributed by atoms with van der Waals surface area (Å²) in [6.45, 7) is 4.66. The van der Waals surface area contributed by atoms with Crippen LogP contribution in [0.3, 0.4) is 0 Å². The lowest BCUT2D eigenvalue weighted by molar-refractivity contribution is -0.119. The third-order valence-corrected chi connectivity index (χ3v) is 2.80. The van der Waals surface area contributed by atoms with Gasteiger partial charge in [0.1, 0.15) is 17.0 Å². The van der Waals surface area contributed by atoms with Gasteiger partial charge in [0, 0.05) is 0 Å². The first kappa shape index (κ1) is 12.5. The van der Waals surface area contributed by atoms with Gasteiger partial charge in [0.15, 0.2) is 0 Å². The summed E-state index contributed by atoms with van der Waals surface area (Å²) in [5.74, 6) is 5.55. The lowest BCUT2D eigenvalue weighted by atomic mass is 10.0. The van der Waals surface area contributed by atoms with Gasteiger partial charge in [-0.1, -0.05) is 6.07 Å². The number of nitrogen functional groups attached to an aromatic ring is 1. The molecule has 98 valence electrons. The van der Waals surface area contributed by atoms with Gasteiger partial charge in [-0.05, 0) is 26.0 Å². The van der Waals surface area contributed by atoms with Crippen LogP contribution in [-0.4, -0.2) is 24.6 Å². The van der Waals surface area contributed by atoms with Crippen molar-refractivity contribution in [3.05, 3.63) is 18.2 Å². The maximum atomic E-state index is 11.5. The van der Waals surface area contributed by atoms with E-state index in [-0.39, 0.29) is 18.1 Å². The number of carbonyl (C=O) groups is 1. The van der Waals surface area contributed by atoms with Crippen LogP contribution in [0, 0.1) is 0 Å². The van der Waals surface area contributed by atoms with Gasteiger partial charge < -0.3 is 15.4 Å². The molecule has 0 aliphatic carbocycles. The second-order valence-electron chi connectivity index (χ2n) is 4.98. The summed E-state index contributed by atoms with van der Waals surface area (Å²) in [5, 5.41) is 0. The summed E-state index contributed by atoms with van der Waals surface area (Å²) in [7, 11) is 0. The van der Waals surface area contributed by atoms with E-state index in [1.165, 1.54) is 0 Å². The quantitative estimate of drug-likeness (QED) is 0.302. The monoisotopic (exact) mass is 250 g/mol. The minimum atomic E-state index is -0.379. The SMILES string of the molecule is CC1(C)CN(CC(=O)NN)c2c(N)cccc2O1. The van der Waals surface area contributed by atoms with Gasteiger partial charge in [0.05, 0.1) is 18.8 Å². The van der Waals surface area contributed by atoms with Crippen LogP contribution in [0.1, 0.15) is 13.8 Å². The Balaban J connectivity index is 2.39. The van der Waals surface area contributed by atoms with Crippen molar-refractivity contribution in [3.63, 3.8) is 0 Å². The highest BCUT2D eigenvalue weighted by molar-refractivity contribution is 5.85. The van der Waals surface area contributed by atoms with E-state index in [1.54, 1.807) is 6.07 Å². The molecule has 1 amide bonds. The van der Waals surface area contributed by atoms with Crippen LogP contribution in [0.4, 0.5) is 11.4 Å². The Bertz CT molecular complexity index is 473. The largest absolute Gasteiger partial charge is 0.484 e. The van der Waals surface area contributed by atoms with Crippen molar-refractivity contribution in [1.29, 1.82) is 0 Å². The number of rotatable bonds is 2. The predicted molar refractivity (Wildman–Crippen MR) is 70.1 cm³/mol. The molecule has 0 saturated carbocycles. The molecule has 0 atom stereocenters. The molecule has 1 heterocycles. The van der Waals surface area contributed by atoms with Gasteiger partial charge in [0.25, 0.3) is 5.91 Å². The van der Waals surface area contributed by atoms with E-state index >= 15 is 0 Å². The average molecular weight is 250 g/mol. The third kappa shape index (κ3) is 2.33. The summed E-state index contributed by atoms with van der Waals surface area (Å²) in [4.78, 5) is 13.3. The molecule has 2 rings (SSSR count). The van der Waals surface area contributed by atoms with Gasteiger partial charge >= 0.3 is 0 Å². The number of nitrogens with one attached hydrogen (secondary N) is 1. The van der Waals surface area contributed by atoms with Crippen LogP contribution in [0.2, 0.25) is 0 Å². The van der Waals surface area contributed by atoms with Crippen molar-refractivity contribution in [2.24, 2.45) is 5.84 Å². The first-order valence-electron chi connectivity index (χ1n) is 5.75. The number of hydrogen-bond donors (Lipinski definition) is 3. The standard InChI is InChI=1S/C12H18N4O2/c1-12(2)7-16(6-10(17)15-14)11-8(13)4-3-5-9(11)18-12/h3-5H,6-7,13-14H2,1-2H3,(H,15,17). The summed E-state index contributed by atoms with van der Waals surface area (Å²) in [6, 6.07) is 5.46. The summed E-state index contributed by atoms with van der Waals surface area (Å²) >= 11 is 0. The second-order valence-corrected chi connectivity index (χ2v) is 4.98. The molecular weight excluding hydrogens is 232 g/mol. The Hall–Kier alpha value is -1.95. The highest BCUT2D eigenvalue weighted by Gasteiger charge is 2.33. The average Bonchev–Trinajstić information content (AvgIpc) is 2.26. The topological polar surface area (TPSA) is 93.6 Å². The highest BCUT2D eigenvalue weighted by Crippen LogP contribution is 2.40. The molecule has 1 aromatic rings. The Morgan fingerprint density at radius 3 is 2.94 bits per heavy atom. The van der Waals surface area contributed by atoms with Gasteiger partial charge in [-0.2, -0.15) is 0 Å². The second kappa shape index (κ2) is 4.38. The Morgan fingerprint density at radius 1 is 1.56 bits per heavy atom. The van der Waals surface area contributed by atoms with E-state index < -0.39 is 0 Å². The first-order chi connectivity index (χ1) is 8.43. The van der Waals surface area contributed by atoms with E-state index in [0.717, 1.165) is 5.69 Å². The van der Waals surface area contributed by atoms with E-state index in [9.17, 15) is 4.79 Å². The van der Waals surface area contributed by atoms with Crippen molar-refractivity contribution in [1.82, 2.24) is 5.43 Å². The number of fused-ring (bicyclic) bond motifs is 1. The van der Waals surface area contributed by atoms with Crippen LogP contribution >= 0.6 is 0 Å². The molecule has 0 saturated heterocycles. The summed E-state index contributed by atoms with van der Waals surface area (Å²) in [6.07, 6.45) is 0. The molecule has 1 aliphatic rings. The lowest BCUT2D eigenvalue weighted by Gasteiger charge is -2.41. The van der Waals surface area contributed by atoms with Crippen LogP contribution in [-0.2, 0) is 4.79 Å².